The normalized spacial score (nSPS) is 18.1. The van der Waals surface area contributed by atoms with Crippen LogP contribution in [-0.4, -0.2) is 21.5 Å². The summed E-state index contributed by atoms with van der Waals surface area (Å²) >= 11 is 1.64. The summed E-state index contributed by atoms with van der Waals surface area (Å²) in [5.74, 6) is 1.16. The van der Waals surface area contributed by atoms with Gasteiger partial charge in [-0.05, 0) is 56.4 Å². The molecule has 0 radical (unpaired) electrons. The van der Waals surface area contributed by atoms with E-state index in [0.29, 0.717) is 11.8 Å². The first-order chi connectivity index (χ1) is 12.3. The van der Waals surface area contributed by atoms with E-state index in [9.17, 15) is 9.59 Å². The van der Waals surface area contributed by atoms with Crippen molar-refractivity contribution in [3.8, 4) is 0 Å². The summed E-state index contributed by atoms with van der Waals surface area (Å²) < 4.78 is 1.46. The number of fused-ring (bicyclic) bond motifs is 3. The second-order valence-electron chi connectivity index (χ2n) is 8.15. The van der Waals surface area contributed by atoms with Gasteiger partial charge in [-0.25, -0.2) is 4.98 Å². The zero-order valence-electron chi connectivity index (χ0n) is 16.2. The van der Waals surface area contributed by atoms with Gasteiger partial charge in [0.15, 0.2) is 0 Å². The maximum absolute atomic E-state index is 12.9. The average Bonchev–Trinajstić information content (AvgIpc) is 2.93. The van der Waals surface area contributed by atoms with Crippen molar-refractivity contribution in [3.05, 3.63) is 27.1 Å². The van der Waals surface area contributed by atoms with Crippen molar-refractivity contribution < 1.29 is 4.79 Å². The van der Waals surface area contributed by atoms with Gasteiger partial charge in [-0.3, -0.25) is 14.2 Å². The molecule has 2 aromatic rings. The Labute approximate surface area is 158 Å². The third-order valence-corrected chi connectivity index (χ3v) is 6.34. The standard InChI is InChI=1S/C20H29N3O2S/c1-12(2)5-7-14(4)22-17(24)10-23-11-21-19-18(20(23)25)15-8-6-13(3)9-16(15)26-19/h11-14H,5-10H2,1-4H3,(H,22,24)/t13-,14-/m1/s1. The minimum Gasteiger partial charge on any atom is -0.352 e. The summed E-state index contributed by atoms with van der Waals surface area (Å²) in [6, 6.07) is 0.118. The molecule has 2 atom stereocenters. The fourth-order valence-corrected chi connectivity index (χ4v) is 4.95. The fourth-order valence-electron chi connectivity index (χ4n) is 3.61. The van der Waals surface area contributed by atoms with E-state index < -0.39 is 0 Å². The molecule has 3 rings (SSSR count). The fraction of sp³-hybridized carbons (Fsp3) is 0.650. The van der Waals surface area contributed by atoms with Crippen LogP contribution in [0.15, 0.2) is 11.1 Å². The van der Waals surface area contributed by atoms with Crippen molar-refractivity contribution in [1.29, 1.82) is 0 Å². The number of aryl methyl sites for hydroxylation is 1. The first kappa shape index (κ1) is 19.1. The van der Waals surface area contributed by atoms with E-state index in [4.69, 9.17) is 0 Å². The number of amides is 1. The van der Waals surface area contributed by atoms with Gasteiger partial charge in [-0.15, -0.1) is 11.3 Å². The summed E-state index contributed by atoms with van der Waals surface area (Å²) in [7, 11) is 0. The van der Waals surface area contributed by atoms with E-state index in [-0.39, 0.29) is 24.1 Å². The molecule has 1 aliphatic carbocycles. The van der Waals surface area contributed by atoms with E-state index >= 15 is 0 Å². The van der Waals surface area contributed by atoms with Gasteiger partial charge in [0.2, 0.25) is 5.91 Å². The zero-order valence-corrected chi connectivity index (χ0v) is 17.0. The Kier molecular flexibility index (Phi) is 5.80. The Bertz CT molecular complexity index is 853. The molecule has 2 aromatic heterocycles. The summed E-state index contributed by atoms with van der Waals surface area (Å²) in [5, 5.41) is 3.73. The summed E-state index contributed by atoms with van der Waals surface area (Å²) in [6.45, 7) is 8.66. The van der Waals surface area contributed by atoms with Gasteiger partial charge in [-0.1, -0.05) is 20.8 Å². The van der Waals surface area contributed by atoms with E-state index in [0.717, 1.165) is 42.3 Å². The number of carbonyl (C=O) groups is 1. The molecule has 0 spiro atoms. The lowest BCUT2D eigenvalue weighted by atomic mass is 9.89. The van der Waals surface area contributed by atoms with Gasteiger partial charge in [0.05, 0.1) is 11.7 Å². The number of thiophene rings is 1. The molecular weight excluding hydrogens is 346 g/mol. The molecule has 5 nitrogen and oxygen atoms in total. The highest BCUT2D eigenvalue weighted by atomic mass is 32.1. The third-order valence-electron chi connectivity index (χ3n) is 5.18. The second kappa shape index (κ2) is 7.91. The maximum atomic E-state index is 12.9. The second-order valence-corrected chi connectivity index (χ2v) is 9.23. The first-order valence-electron chi connectivity index (χ1n) is 9.64. The number of rotatable bonds is 6. The minimum atomic E-state index is -0.123. The van der Waals surface area contributed by atoms with Gasteiger partial charge >= 0.3 is 0 Å². The number of nitrogens with one attached hydrogen (secondary N) is 1. The van der Waals surface area contributed by atoms with Crippen molar-refractivity contribution in [2.24, 2.45) is 11.8 Å². The highest BCUT2D eigenvalue weighted by Gasteiger charge is 2.23. The van der Waals surface area contributed by atoms with Gasteiger partial charge in [0.25, 0.3) is 5.56 Å². The Balaban J connectivity index is 1.76. The van der Waals surface area contributed by atoms with Crippen LogP contribution in [0, 0.1) is 11.8 Å². The van der Waals surface area contributed by atoms with Gasteiger partial charge in [0.1, 0.15) is 11.4 Å². The zero-order chi connectivity index (χ0) is 18.8. The molecule has 0 saturated heterocycles. The number of hydrogen-bond donors (Lipinski definition) is 1. The van der Waals surface area contributed by atoms with Crippen LogP contribution >= 0.6 is 11.3 Å². The van der Waals surface area contributed by atoms with Gasteiger partial charge < -0.3 is 5.32 Å². The van der Waals surface area contributed by atoms with Crippen molar-refractivity contribution in [3.63, 3.8) is 0 Å². The lowest BCUT2D eigenvalue weighted by Gasteiger charge is -2.17. The van der Waals surface area contributed by atoms with Crippen LogP contribution in [0.4, 0.5) is 0 Å². The lowest BCUT2D eigenvalue weighted by Crippen LogP contribution is -2.37. The molecular formula is C20H29N3O2S. The molecule has 0 aliphatic heterocycles. The average molecular weight is 376 g/mol. The van der Waals surface area contributed by atoms with Crippen molar-refractivity contribution in [1.82, 2.24) is 14.9 Å². The number of nitrogens with zero attached hydrogens (tertiary/aromatic N) is 2. The first-order valence-corrected chi connectivity index (χ1v) is 10.5. The Hall–Kier alpha value is -1.69. The molecule has 0 bridgehead atoms. The van der Waals surface area contributed by atoms with Crippen LogP contribution in [0.1, 0.15) is 57.4 Å². The van der Waals surface area contributed by atoms with E-state index in [1.807, 2.05) is 6.92 Å². The molecule has 26 heavy (non-hydrogen) atoms. The Morgan fingerprint density at radius 3 is 2.88 bits per heavy atom. The number of aromatic nitrogens is 2. The predicted octanol–water partition coefficient (Wildman–Crippen LogP) is 3.52. The highest BCUT2D eigenvalue weighted by Crippen LogP contribution is 2.35. The van der Waals surface area contributed by atoms with Crippen LogP contribution in [0.2, 0.25) is 0 Å². The molecule has 0 aromatic carbocycles. The van der Waals surface area contributed by atoms with Gasteiger partial charge in [0, 0.05) is 10.9 Å². The molecule has 0 saturated carbocycles. The van der Waals surface area contributed by atoms with E-state index in [1.165, 1.54) is 21.3 Å². The number of carbonyl (C=O) groups excluding carboxylic acids is 1. The maximum Gasteiger partial charge on any atom is 0.262 e. The molecule has 142 valence electrons. The summed E-state index contributed by atoms with van der Waals surface area (Å²) in [4.78, 5) is 31.8. The van der Waals surface area contributed by atoms with Crippen molar-refractivity contribution >= 4 is 27.5 Å². The topological polar surface area (TPSA) is 64.0 Å². The third kappa shape index (κ3) is 4.17. The quantitative estimate of drug-likeness (QED) is 0.840. The molecule has 6 heteroatoms. The summed E-state index contributed by atoms with van der Waals surface area (Å²) in [6.07, 6.45) is 6.63. The highest BCUT2D eigenvalue weighted by molar-refractivity contribution is 7.18. The smallest absolute Gasteiger partial charge is 0.262 e. The van der Waals surface area contributed by atoms with E-state index in [1.54, 1.807) is 11.3 Å². The predicted molar refractivity (Wildman–Crippen MR) is 107 cm³/mol. The molecule has 2 heterocycles. The van der Waals surface area contributed by atoms with Crippen LogP contribution < -0.4 is 10.9 Å². The van der Waals surface area contributed by atoms with Crippen LogP contribution in [0.5, 0.6) is 0 Å². The Morgan fingerprint density at radius 1 is 1.38 bits per heavy atom. The van der Waals surface area contributed by atoms with Crippen molar-refractivity contribution in [2.45, 2.75) is 72.4 Å². The van der Waals surface area contributed by atoms with Crippen LogP contribution in [-0.2, 0) is 24.2 Å². The van der Waals surface area contributed by atoms with Gasteiger partial charge in [-0.2, -0.15) is 0 Å². The minimum absolute atomic E-state index is 0.0365. The largest absolute Gasteiger partial charge is 0.352 e. The molecule has 1 aliphatic rings. The van der Waals surface area contributed by atoms with Crippen LogP contribution in [0.3, 0.4) is 0 Å². The SMILES string of the molecule is CC(C)CC[C@@H](C)NC(=O)Cn1cnc2sc3c(c2c1=O)CC[C@@H](C)C3. The molecule has 1 N–H and O–H groups in total. The lowest BCUT2D eigenvalue weighted by molar-refractivity contribution is -0.122. The Morgan fingerprint density at radius 2 is 2.15 bits per heavy atom. The monoisotopic (exact) mass is 375 g/mol. The van der Waals surface area contributed by atoms with E-state index in [2.05, 4.69) is 31.1 Å². The molecule has 1 amide bonds. The van der Waals surface area contributed by atoms with Crippen LogP contribution in [0.25, 0.3) is 10.2 Å². The van der Waals surface area contributed by atoms with Crippen molar-refractivity contribution in [2.75, 3.05) is 0 Å². The molecule has 0 fully saturated rings. The number of hydrogen-bond acceptors (Lipinski definition) is 4. The molecule has 0 unspecified atom stereocenters. The summed E-state index contributed by atoms with van der Waals surface area (Å²) in [5.41, 5.74) is 1.09.